The van der Waals surface area contributed by atoms with E-state index >= 15 is 0 Å². The summed E-state index contributed by atoms with van der Waals surface area (Å²) in [4.78, 5) is 0.239. The normalized spacial score (nSPS) is 21.8. The van der Waals surface area contributed by atoms with E-state index in [0.717, 1.165) is 6.42 Å². The van der Waals surface area contributed by atoms with Crippen molar-refractivity contribution in [1.29, 1.82) is 0 Å². The zero-order valence-electron chi connectivity index (χ0n) is 12.2. The van der Waals surface area contributed by atoms with E-state index in [1.807, 2.05) is 0 Å². The van der Waals surface area contributed by atoms with E-state index in [0.29, 0.717) is 30.9 Å². The molecule has 2 rings (SSSR count). The summed E-state index contributed by atoms with van der Waals surface area (Å²) in [6.45, 7) is 2.89. The highest BCUT2D eigenvalue weighted by Crippen LogP contribution is 2.32. The number of nitrogens with one attached hydrogen (secondary N) is 1. The average Bonchev–Trinajstić information content (AvgIpc) is 2.44. The van der Waals surface area contributed by atoms with Gasteiger partial charge in [-0.05, 0) is 49.1 Å². The summed E-state index contributed by atoms with van der Waals surface area (Å²) in [5, 5.41) is 12.3. The van der Waals surface area contributed by atoms with E-state index in [-0.39, 0.29) is 23.3 Å². The first-order chi connectivity index (χ1) is 9.97. The Hall–Kier alpha value is -0.980. The monoisotopic (exact) mass is 315 g/mol. The molecule has 0 aliphatic carbocycles. The minimum atomic E-state index is -3.29. The van der Waals surface area contributed by atoms with Crippen molar-refractivity contribution in [2.24, 2.45) is 5.92 Å². The molecule has 0 spiro atoms. The lowest BCUT2D eigenvalue weighted by Crippen LogP contribution is -2.33. The Labute approximate surface area is 125 Å². The molecule has 2 N–H and O–H groups in total. The van der Waals surface area contributed by atoms with Gasteiger partial charge in [-0.15, -0.1) is 0 Å². The van der Waals surface area contributed by atoms with Crippen LogP contribution in [0.25, 0.3) is 0 Å². The molecule has 1 heterocycles. The highest BCUT2D eigenvalue weighted by atomic mass is 32.2. The number of aliphatic hydroxyl groups excluding tert-OH is 1. The third-order valence-electron chi connectivity index (χ3n) is 4.13. The van der Waals surface area contributed by atoms with Crippen molar-refractivity contribution in [3.8, 4) is 0 Å². The zero-order valence-corrected chi connectivity index (χ0v) is 13.0. The molecule has 0 aromatic heterocycles. The van der Waals surface area contributed by atoms with Gasteiger partial charge in [0, 0.05) is 12.6 Å². The molecular weight excluding hydrogens is 293 g/mol. The van der Waals surface area contributed by atoms with Crippen molar-refractivity contribution in [3.63, 3.8) is 0 Å². The molecule has 6 heteroatoms. The number of benzene rings is 1. The molecule has 21 heavy (non-hydrogen) atoms. The first kappa shape index (κ1) is 16.4. The maximum atomic E-state index is 13.4. The second kappa shape index (κ2) is 6.85. The Balaban J connectivity index is 2.18. The van der Waals surface area contributed by atoms with Gasteiger partial charge in [0.25, 0.3) is 0 Å². The predicted molar refractivity (Wildman–Crippen MR) is 79.3 cm³/mol. The van der Waals surface area contributed by atoms with E-state index in [1.165, 1.54) is 18.2 Å². The van der Waals surface area contributed by atoms with E-state index in [9.17, 15) is 12.8 Å². The molecule has 4 nitrogen and oxygen atoms in total. The predicted octanol–water partition coefficient (Wildman–Crippen LogP) is 2.04. The van der Waals surface area contributed by atoms with Crippen molar-refractivity contribution in [2.75, 3.05) is 18.9 Å². The molecule has 118 valence electrons. The molecule has 0 amide bonds. The van der Waals surface area contributed by atoms with Gasteiger partial charge in [-0.2, -0.15) is 0 Å². The molecule has 2 atom stereocenters. The summed E-state index contributed by atoms with van der Waals surface area (Å²) >= 11 is 0. The van der Waals surface area contributed by atoms with Gasteiger partial charge in [0.2, 0.25) is 0 Å². The van der Waals surface area contributed by atoms with E-state index in [4.69, 9.17) is 5.11 Å². The minimum Gasteiger partial charge on any atom is -0.396 e. The van der Waals surface area contributed by atoms with Crippen molar-refractivity contribution in [1.82, 2.24) is 5.32 Å². The Morgan fingerprint density at radius 3 is 2.90 bits per heavy atom. The van der Waals surface area contributed by atoms with Crippen LogP contribution >= 0.6 is 0 Å². The highest BCUT2D eigenvalue weighted by molar-refractivity contribution is 7.91. The maximum Gasteiger partial charge on any atom is 0.178 e. The second-order valence-electron chi connectivity index (χ2n) is 5.54. The molecular formula is C15H22FNO3S. The molecule has 0 bridgehead atoms. The minimum absolute atomic E-state index is 0.0834. The summed E-state index contributed by atoms with van der Waals surface area (Å²) in [5.41, 5.74) is 0.528. The van der Waals surface area contributed by atoms with Gasteiger partial charge < -0.3 is 10.4 Å². The molecule has 0 radical (unpaired) electrons. The van der Waals surface area contributed by atoms with Crippen LogP contribution in [0.1, 0.15) is 37.8 Å². The summed E-state index contributed by atoms with van der Waals surface area (Å²) in [7, 11) is -3.29. The largest absolute Gasteiger partial charge is 0.396 e. The summed E-state index contributed by atoms with van der Waals surface area (Å²) in [6.07, 6.45) is 2.10. The Bertz CT molecular complexity index is 589. The van der Waals surface area contributed by atoms with Gasteiger partial charge in [-0.3, -0.25) is 0 Å². The smallest absolute Gasteiger partial charge is 0.178 e. The molecule has 0 fully saturated rings. The average molecular weight is 315 g/mol. The van der Waals surface area contributed by atoms with E-state index in [1.54, 1.807) is 0 Å². The lowest BCUT2D eigenvalue weighted by atomic mass is 9.99. The van der Waals surface area contributed by atoms with E-state index in [2.05, 4.69) is 12.2 Å². The van der Waals surface area contributed by atoms with Gasteiger partial charge in [0.05, 0.1) is 10.6 Å². The molecule has 0 saturated carbocycles. The van der Waals surface area contributed by atoms with Crippen LogP contribution in [0.4, 0.5) is 4.39 Å². The lowest BCUT2D eigenvalue weighted by Gasteiger charge is -2.28. The third-order valence-corrected chi connectivity index (χ3v) is 5.94. The van der Waals surface area contributed by atoms with Crippen molar-refractivity contribution >= 4 is 9.84 Å². The molecule has 0 saturated heterocycles. The quantitative estimate of drug-likeness (QED) is 0.789. The molecule has 1 aromatic rings. The molecule has 1 aliphatic heterocycles. The SMILES string of the molecule is CCC(CCO)CNC1CCS(=O)(=O)c2ccc(F)cc21. The molecule has 1 aromatic carbocycles. The number of sulfone groups is 1. The van der Waals surface area contributed by atoms with Crippen LogP contribution in [-0.4, -0.2) is 32.4 Å². The first-order valence-electron chi connectivity index (χ1n) is 7.34. The van der Waals surface area contributed by atoms with Gasteiger partial charge in [0.1, 0.15) is 5.82 Å². The van der Waals surface area contributed by atoms with Gasteiger partial charge in [-0.25, -0.2) is 12.8 Å². The summed E-state index contributed by atoms with van der Waals surface area (Å²) < 4.78 is 37.5. The highest BCUT2D eigenvalue weighted by Gasteiger charge is 2.30. The van der Waals surface area contributed by atoms with Crippen molar-refractivity contribution < 1.29 is 17.9 Å². The van der Waals surface area contributed by atoms with Crippen LogP contribution in [0.15, 0.2) is 23.1 Å². The fourth-order valence-corrected chi connectivity index (χ4v) is 4.37. The summed E-state index contributed by atoms with van der Waals surface area (Å²) in [5.74, 6) is 0.00527. The molecule has 2 unspecified atom stereocenters. The van der Waals surface area contributed by atoms with Crippen molar-refractivity contribution in [2.45, 2.75) is 37.1 Å². The van der Waals surface area contributed by atoms with Crippen LogP contribution in [-0.2, 0) is 9.84 Å². The molecule has 1 aliphatic rings. The summed E-state index contributed by atoms with van der Waals surface area (Å²) in [6, 6.07) is 3.72. The number of fused-ring (bicyclic) bond motifs is 1. The van der Waals surface area contributed by atoms with E-state index < -0.39 is 15.7 Å². The lowest BCUT2D eigenvalue weighted by molar-refractivity contribution is 0.248. The van der Waals surface area contributed by atoms with Gasteiger partial charge >= 0.3 is 0 Å². The van der Waals surface area contributed by atoms with Gasteiger partial charge in [0.15, 0.2) is 9.84 Å². The Morgan fingerprint density at radius 2 is 2.24 bits per heavy atom. The third kappa shape index (κ3) is 3.81. The van der Waals surface area contributed by atoms with Crippen LogP contribution < -0.4 is 5.32 Å². The number of halogens is 1. The van der Waals surface area contributed by atoms with Crippen LogP contribution in [0.5, 0.6) is 0 Å². The second-order valence-corrected chi connectivity index (χ2v) is 7.61. The fraction of sp³-hybridized carbons (Fsp3) is 0.600. The standard InChI is InChI=1S/C15H22FNO3S/c1-2-11(5-7-18)10-17-14-6-8-21(19,20)15-4-3-12(16)9-13(14)15/h3-4,9,11,14,17-18H,2,5-8,10H2,1H3. The van der Waals surface area contributed by atoms with Gasteiger partial charge in [-0.1, -0.05) is 13.3 Å². The Kier molecular flexibility index (Phi) is 5.35. The number of hydrogen-bond acceptors (Lipinski definition) is 4. The number of rotatable bonds is 6. The fourth-order valence-electron chi connectivity index (χ4n) is 2.77. The van der Waals surface area contributed by atoms with Crippen LogP contribution in [0.2, 0.25) is 0 Å². The first-order valence-corrected chi connectivity index (χ1v) is 8.99. The van der Waals surface area contributed by atoms with Crippen molar-refractivity contribution in [3.05, 3.63) is 29.6 Å². The number of aliphatic hydroxyl groups is 1. The topological polar surface area (TPSA) is 66.4 Å². The maximum absolute atomic E-state index is 13.4. The number of hydrogen-bond donors (Lipinski definition) is 2. The Morgan fingerprint density at radius 1 is 1.48 bits per heavy atom. The zero-order chi connectivity index (χ0) is 15.5. The van der Waals surface area contributed by atoms with Crippen LogP contribution in [0.3, 0.4) is 0 Å². The van der Waals surface area contributed by atoms with Crippen LogP contribution in [0, 0.1) is 11.7 Å².